The number of nitrogens with one attached hydrogen (secondary N) is 1. The molecule has 31 heavy (non-hydrogen) atoms. The number of fused-ring (bicyclic) bond motifs is 1. The van der Waals surface area contributed by atoms with Crippen LogP contribution in [0.1, 0.15) is 5.56 Å². The molecule has 1 heterocycles. The molecule has 0 atom stereocenters. The van der Waals surface area contributed by atoms with Gasteiger partial charge in [0.25, 0.3) is 5.56 Å². The predicted octanol–water partition coefficient (Wildman–Crippen LogP) is 3.64. The van der Waals surface area contributed by atoms with Crippen LogP contribution in [0.25, 0.3) is 10.9 Å². The van der Waals surface area contributed by atoms with E-state index in [1.54, 1.807) is 54.6 Å². The second-order valence-corrected chi connectivity index (χ2v) is 7.37. The summed E-state index contributed by atoms with van der Waals surface area (Å²) in [5.41, 5.74) is -0.0437. The van der Waals surface area contributed by atoms with Crippen molar-refractivity contribution in [2.75, 3.05) is 5.32 Å². The standard InChI is InChI=1S/C23H17ClFN3O3/c24-16-11-9-15(10-12-16)13-28-22(30)17-5-1-4-8-20(17)27(23(28)31)14-21(29)26-19-7-3-2-6-18(19)25/h1-12H,13-14H2,(H,26,29). The number of benzene rings is 3. The quantitative estimate of drug-likeness (QED) is 0.518. The summed E-state index contributed by atoms with van der Waals surface area (Å²) < 4.78 is 16.2. The maximum atomic E-state index is 13.9. The lowest BCUT2D eigenvalue weighted by molar-refractivity contribution is -0.116. The van der Waals surface area contributed by atoms with Crippen LogP contribution in [-0.4, -0.2) is 15.0 Å². The first-order valence-corrected chi connectivity index (χ1v) is 9.83. The number of anilines is 1. The highest BCUT2D eigenvalue weighted by molar-refractivity contribution is 6.30. The van der Waals surface area contributed by atoms with Crippen LogP contribution in [0.3, 0.4) is 0 Å². The molecular weight excluding hydrogens is 421 g/mol. The fourth-order valence-corrected chi connectivity index (χ4v) is 3.46. The van der Waals surface area contributed by atoms with Gasteiger partial charge >= 0.3 is 5.69 Å². The Labute approximate surface area is 181 Å². The van der Waals surface area contributed by atoms with Crippen LogP contribution in [0.5, 0.6) is 0 Å². The average Bonchev–Trinajstić information content (AvgIpc) is 2.77. The van der Waals surface area contributed by atoms with Crippen LogP contribution >= 0.6 is 11.6 Å². The molecule has 1 aromatic heterocycles. The molecule has 8 heteroatoms. The molecule has 0 saturated carbocycles. The second kappa shape index (κ2) is 8.57. The van der Waals surface area contributed by atoms with Crippen molar-refractivity contribution in [2.45, 2.75) is 13.1 Å². The number of hydrogen-bond donors (Lipinski definition) is 1. The van der Waals surface area contributed by atoms with Gasteiger partial charge in [0.2, 0.25) is 5.91 Å². The summed E-state index contributed by atoms with van der Waals surface area (Å²) in [6, 6.07) is 19.1. The van der Waals surface area contributed by atoms with E-state index in [9.17, 15) is 18.8 Å². The van der Waals surface area contributed by atoms with Crippen molar-refractivity contribution in [1.29, 1.82) is 0 Å². The van der Waals surface area contributed by atoms with Gasteiger partial charge in [0.1, 0.15) is 12.4 Å². The van der Waals surface area contributed by atoms with Gasteiger partial charge in [0.15, 0.2) is 0 Å². The molecule has 4 aromatic rings. The third kappa shape index (κ3) is 4.27. The first-order chi connectivity index (χ1) is 14.9. The number of rotatable bonds is 5. The van der Waals surface area contributed by atoms with E-state index in [4.69, 9.17) is 11.6 Å². The minimum Gasteiger partial charge on any atom is -0.322 e. The van der Waals surface area contributed by atoms with Crippen molar-refractivity contribution in [1.82, 2.24) is 9.13 Å². The molecule has 0 bridgehead atoms. The lowest BCUT2D eigenvalue weighted by Crippen LogP contribution is -2.42. The molecule has 0 aliphatic carbocycles. The molecular formula is C23H17ClFN3O3. The van der Waals surface area contributed by atoms with Crippen molar-refractivity contribution in [3.8, 4) is 0 Å². The molecule has 1 N–H and O–H groups in total. The molecule has 0 radical (unpaired) electrons. The predicted molar refractivity (Wildman–Crippen MR) is 118 cm³/mol. The number of carbonyl (C=O) groups excluding carboxylic acids is 1. The molecule has 0 spiro atoms. The molecule has 4 rings (SSSR count). The van der Waals surface area contributed by atoms with Gasteiger partial charge in [0.05, 0.1) is 23.1 Å². The summed E-state index contributed by atoms with van der Waals surface area (Å²) >= 11 is 5.91. The van der Waals surface area contributed by atoms with Crippen molar-refractivity contribution in [3.05, 3.63) is 110 Å². The largest absolute Gasteiger partial charge is 0.332 e. The highest BCUT2D eigenvalue weighted by Crippen LogP contribution is 2.14. The van der Waals surface area contributed by atoms with Crippen molar-refractivity contribution in [3.63, 3.8) is 0 Å². The first-order valence-electron chi connectivity index (χ1n) is 9.45. The molecule has 156 valence electrons. The molecule has 0 aliphatic heterocycles. The van der Waals surface area contributed by atoms with Crippen LogP contribution in [0.15, 0.2) is 82.4 Å². The highest BCUT2D eigenvalue weighted by atomic mass is 35.5. The minimum atomic E-state index is -0.637. The molecule has 3 aromatic carbocycles. The summed E-state index contributed by atoms with van der Waals surface area (Å²) in [6.07, 6.45) is 0. The number of aromatic nitrogens is 2. The fourth-order valence-electron chi connectivity index (χ4n) is 3.33. The van der Waals surface area contributed by atoms with Gasteiger partial charge in [-0.2, -0.15) is 0 Å². The van der Waals surface area contributed by atoms with E-state index in [2.05, 4.69) is 5.32 Å². The van der Waals surface area contributed by atoms with E-state index in [-0.39, 0.29) is 18.8 Å². The lowest BCUT2D eigenvalue weighted by Gasteiger charge is -2.14. The summed E-state index contributed by atoms with van der Waals surface area (Å²) in [5.74, 6) is -1.17. The average molecular weight is 438 g/mol. The Hall–Kier alpha value is -3.71. The summed E-state index contributed by atoms with van der Waals surface area (Å²) in [7, 11) is 0. The van der Waals surface area contributed by atoms with Gasteiger partial charge in [-0.15, -0.1) is 0 Å². The van der Waals surface area contributed by atoms with Gasteiger partial charge in [-0.3, -0.25) is 18.7 Å². The summed E-state index contributed by atoms with van der Waals surface area (Å²) in [4.78, 5) is 38.7. The van der Waals surface area contributed by atoms with Gasteiger partial charge in [-0.25, -0.2) is 9.18 Å². The number of halogens is 2. The van der Waals surface area contributed by atoms with Crippen molar-refractivity contribution >= 4 is 34.1 Å². The fraction of sp³-hybridized carbons (Fsp3) is 0.0870. The normalized spacial score (nSPS) is 10.9. The Morgan fingerprint density at radius 2 is 1.58 bits per heavy atom. The number of amides is 1. The Balaban J connectivity index is 1.76. The first kappa shape index (κ1) is 20.6. The van der Waals surface area contributed by atoms with Gasteiger partial charge in [-0.05, 0) is 42.0 Å². The monoisotopic (exact) mass is 437 g/mol. The van der Waals surface area contributed by atoms with E-state index in [1.807, 2.05) is 0 Å². The van der Waals surface area contributed by atoms with Crippen molar-refractivity contribution < 1.29 is 9.18 Å². The van der Waals surface area contributed by atoms with E-state index >= 15 is 0 Å². The second-order valence-electron chi connectivity index (χ2n) is 6.93. The zero-order valence-electron chi connectivity index (χ0n) is 16.2. The molecule has 1 amide bonds. The lowest BCUT2D eigenvalue weighted by atomic mass is 10.2. The number of carbonyl (C=O) groups is 1. The Kier molecular flexibility index (Phi) is 5.68. The summed E-state index contributed by atoms with van der Waals surface area (Å²) in [5, 5.41) is 3.30. The topological polar surface area (TPSA) is 73.1 Å². The SMILES string of the molecule is O=C(Cn1c(=O)n(Cc2ccc(Cl)cc2)c(=O)c2ccccc21)Nc1ccccc1F. The van der Waals surface area contributed by atoms with Gasteiger partial charge in [0, 0.05) is 5.02 Å². The smallest absolute Gasteiger partial charge is 0.322 e. The van der Waals surface area contributed by atoms with Crippen LogP contribution in [0.4, 0.5) is 10.1 Å². The Bertz CT molecular complexity index is 1390. The van der Waals surface area contributed by atoms with Gasteiger partial charge < -0.3 is 5.32 Å². The number of hydrogen-bond acceptors (Lipinski definition) is 3. The van der Waals surface area contributed by atoms with Crippen LogP contribution in [0.2, 0.25) is 5.02 Å². The third-order valence-corrected chi connectivity index (χ3v) is 5.09. The van der Waals surface area contributed by atoms with E-state index < -0.39 is 23.0 Å². The van der Waals surface area contributed by atoms with Crippen LogP contribution in [-0.2, 0) is 17.9 Å². The number of nitrogens with zero attached hydrogens (tertiary/aromatic N) is 2. The third-order valence-electron chi connectivity index (χ3n) is 4.84. The number of para-hydroxylation sites is 2. The van der Waals surface area contributed by atoms with E-state index in [1.165, 1.54) is 22.8 Å². The van der Waals surface area contributed by atoms with Crippen molar-refractivity contribution in [2.24, 2.45) is 0 Å². The molecule has 0 unspecified atom stereocenters. The van der Waals surface area contributed by atoms with Gasteiger partial charge in [-0.1, -0.05) is 48.0 Å². The van der Waals surface area contributed by atoms with Crippen LogP contribution < -0.4 is 16.6 Å². The Morgan fingerprint density at radius 1 is 0.903 bits per heavy atom. The summed E-state index contributed by atoms with van der Waals surface area (Å²) in [6.45, 7) is -0.358. The molecule has 6 nitrogen and oxygen atoms in total. The zero-order valence-corrected chi connectivity index (χ0v) is 17.0. The Morgan fingerprint density at radius 3 is 2.32 bits per heavy atom. The molecule has 0 aliphatic rings. The zero-order chi connectivity index (χ0) is 22.0. The van der Waals surface area contributed by atoms with Crippen LogP contribution in [0, 0.1) is 5.82 Å². The highest BCUT2D eigenvalue weighted by Gasteiger charge is 2.16. The van der Waals surface area contributed by atoms with E-state index in [0.717, 1.165) is 4.57 Å². The maximum absolute atomic E-state index is 13.9. The minimum absolute atomic E-state index is 0.0133. The van der Waals surface area contributed by atoms with E-state index in [0.29, 0.717) is 21.5 Å². The molecule has 0 fully saturated rings. The maximum Gasteiger partial charge on any atom is 0.332 e. The molecule has 0 saturated heterocycles.